The summed E-state index contributed by atoms with van der Waals surface area (Å²) >= 11 is 0. The Morgan fingerprint density at radius 1 is 1.31 bits per heavy atom. The average molecular weight is 228 g/mol. The van der Waals surface area contributed by atoms with Gasteiger partial charge in [-0.1, -0.05) is 0 Å². The first-order valence-electron chi connectivity index (χ1n) is 5.81. The predicted octanol–water partition coefficient (Wildman–Crippen LogP) is 2.57. The molecule has 1 fully saturated rings. The van der Waals surface area contributed by atoms with Gasteiger partial charge in [0.25, 0.3) is 0 Å². The van der Waals surface area contributed by atoms with Crippen molar-refractivity contribution in [3.63, 3.8) is 0 Å². The largest absolute Gasteiger partial charge is 0.371 e. The van der Waals surface area contributed by atoms with Gasteiger partial charge in [-0.15, -0.1) is 0 Å². The van der Waals surface area contributed by atoms with Crippen LogP contribution in [0.1, 0.15) is 48.0 Å². The summed E-state index contributed by atoms with van der Waals surface area (Å²) in [5.74, 6) is 0.0306. The zero-order chi connectivity index (χ0) is 12.8. The number of rotatable bonds is 3. The first kappa shape index (κ1) is 13.7. The van der Waals surface area contributed by atoms with Crippen molar-refractivity contribution in [2.45, 2.75) is 64.8 Å². The number of methoxy groups -OCH3 is 1. The van der Waals surface area contributed by atoms with Crippen molar-refractivity contribution in [1.29, 1.82) is 0 Å². The topological polar surface area (TPSA) is 35.5 Å². The first-order valence-corrected chi connectivity index (χ1v) is 5.81. The number of carbonyl (C=O) groups excluding carboxylic acids is 1. The van der Waals surface area contributed by atoms with E-state index in [0.717, 1.165) is 6.42 Å². The van der Waals surface area contributed by atoms with Crippen LogP contribution in [0.2, 0.25) is 0 Å². The molecule has 0 N–H and O–H groups in total. The van der Waals surface area contributed by atoms with Gasteiger partial charge in [-0.05, 0) is 48.0 Å². The second-order valence-electron chi connectivity index (χ2n) is 6.30. The molecule has 3 heteroatoms. The van der Waals surface area contributed by atoms with Gasteiger partial charge in [0.1, 0.15) is 5.60 Å². The van der Waals surface area contributed by atoms with E-state index in [2.05, 4.69) is 0 Å². The molecule has 1 aliphatic heterocycles. The zero-order valence-corrected chi connectivity index (χ0v) is 11.5. The van der Waals surface area contributed by atoms with Gasteiger partial charge in [-0.2, -0.15) is 0 Å². The fourth-order valence-electron chi connectivity index (χ4n) is 2.49. The maximum Gasteiger partial charge on any atom is 0.170 e. The lowest BCUT2D eigenvalue weighted by Crippen LogP contribution is -2.45. The first-order chi connectivity index (χ1) is 7.02. The van der Waals surface area contributed by atoms with Crippen molar-refractivity contribution >= 4 is 5.78 Å². The summed E-state index contributed by atoms with van der Waals surface area (Å²) in [5.41, 5.74) is -1.37. The van der Waals surface area contributed by atoms with Crippen LogP contribution in [0.15, 0.2) is 0 Å². The molecule has 1 rings (SSSR count). The van der Waals surface area contributed by atoms with Gasteiger partial charge in [0.05, 0.1) is 17.1 Å². The van der Waals surface area contributed by atoms with Gasteiger partial charge in [-0.3, -0.25) is 4.79 Å². The second kappa shape index (κ2) is 3.81. The highest BCUT2D eigenvalue weighted by molar-refractivity contribution is 5.90. The monoisotopic (exact) mass is 228 g/mol. The normalized spacial score (nSPS) is 28.1. The van der Waals surface area contributed by atoms with Crippen molar-refractivity contribution < 1.29 is 14.3 Å². The number of ketones is 1. The highest BCUT2D eigenvalue weighted by Crippen LogP contribution is 2.44. The highest BCUT2D eigenvalue weighted by atomic mass is 16.5. The van der Waals surface area contributed by atoms with E-state index < -0.39 is 11.2 Å². The molecule has 16 heavy (non-hydrogen) atoms. The fraction of sp³-hybridized carbons (Fsp3) is 0.923. The van der Waals surface area contributed by atoms with E-state index in [0.29, 0.717) is 0 Å². The van der Waals surface area contributed by atoms with Crippen LogP contribution in [0.3, 0.4) is 0 Å². The molecule has 0 spiro atoms. The summed E-state index contributed by atoms with van der Waals surface area (Å²) in [6, 6.07) is 0. The molecule has 0 aromatic carbocycles. The molecule has 0 aromatic rings. The lowest BCUT2D eigenvalue weighted by molar-refractivity contribution is -0.147. The molecular formula is C13H24O3. The third-order valence-electron chi connectivity index (χ3n) is 3.49. The molecule has 0 bridgehead atoms. The molecule has 1 heterocycles. The number of hydrogen-bond donors (Lipinski definition) is 0. The van der Waals surface area contributed by atoms with E-state index >= 15 is 0 Å². The Bertz CT molecular complexity index is 290. The minimum Gasteiger partial charge on any atom is -0.371 e. The van der Waals surface area contributed by atoms with Crippen molar-refractivity contribution in [2.75, 3.05) is 7.11 Å². The molecule has 1 atom stereocenters. The molecule has 1 aliphatic rings. The van der Waals surface area contributed by atoms with E-state index in [1.807, 2.05) is 41.5 Å². The van der Waals surface area contributed by atoms with Crippen LogP contribution in [0.4, 0.5) is 0 Å². The van der Waals surface area contributed by atoms with Gasteiger partial charge in [0.15, 0.2) is 5.78 Å². The number of carbonyl (C=O) groups is 1. The molecule has 94 valence electrons. The molecule has 0 aromatic heterocycles. The third-order valence-corrected chi connectivity index (χ3v) is 3.49. The van der Waals surface area contributed by atoms with Crippen molar-refractivity contribution in [3.8, 4) is 0 Å². The van der Waals surface area contributed by atoms with E-state index in [1.54, 1.807) is 7.11 Å². The van der Waals surface area contributed by atoms with Gasteiger partial charge < -0.3 is 9.47 Å². The van der Waals surface area contributed by atoms with Gasteiger partial charge in [0.2, 0.25) is 0 Å². The zero-order valence-electron chi connectivity index (χ0n) is 11.5. The predicted molar refractivity (Wildman–Crippen MR) is 63.4 cm³/mol. The summed E-state index contributed by atoms with van der Waals surface area (Å²) in [6.45, 7) is 11.7. The van der Waals surface area contributed by atoms with Crippen LogP contribution in [-0.2, 0) is 14.3 Å². The molecule has 1 unspecified atom stereocenters. The van der Waals surface area contributed by atoms with Crippen LogP contribution >= 0.6 is 0 Å². The Balaban J connectivity index is 2.94. The quantitative estimate of drug-likeness (QED) is 0.744. The summed E-state index contributed by atoms with van der Waals surface area (Å²) in [7, 11) is 1.58. The minimum atomic E-state index is -0.730. The fourth-order valence-corrected chi connectivity index (χ4v) is 2.49. The van der Waals surface area contributed by atoms with E-state index in [4.69, 9.17) is 9.47 Å². The maximum absolute atomic E-state index is 12.4. The van der Waals surface area contributed by atoms with Gasteiger partial charge >= 0.3 is 0 Å². The second-order valence-corrected chi connectivity index (χ2v) is 6.30. The lowest BCUT2D eigenvalue weighted by Gasteiger charge is -2.31. The van der Waals surface area contributed by atoms with Gasteiger partial charge in [0, 0.05) is 7.11 Å². The Morgan fingerprint density at radius 3 is 2.12 bits per heavy atom. The molecule has 0 saturated carbocycles. The van der Waals surface area contributed by atoms with Crippen LogP contribution in [-0.4, -0.2) is 29.7 Å². The standard InChI is InChI=1S/C13H24O3/c1-11(2)8-9(12(3,4)16-11)10(14)13(5,6)15-7/h9H,8H2,1-7H3. The number of ether oxygens (including phenoxy) is 2. The van der Waals surface area contributed by atoms with Crippen molar-refractivity contribution in [1.82, 2.24) is 0 Å². The minimum absolute atomic E-state index is 0.0996. The summed E-state index contributed by atoms with van der Waals surface area (Å²) in [6.07, 6.45) is 0.756. The Labute approximate surface area is 98.5 Å². The smallest absolute Gasteiger partial charge is 0.170 e. The van der Waals surface area contributed by atoms with E-state index in [9.17, 15) is 4.79 Å². The maximum atomic E-state index is 12.4. The highest BCUT2D eigenvalue weighted by Gasteiger charge is 2.52. The molecular weight excluding hydrogens is 204 g/mol. The lowest BCUT2D eigenvalue weighted by atomic mass is 9.79. The Kier molecular flexibility index (Phi) is 3.25. The van der Waals surface area contributed by atoms with Crippen molar-refractivity contribution in [2.24, 2.45) is 5.92 Å². The Morgan fingerprint density at radius 2 is 1.81 bits per heavy atom. The molecule has 3 nitrogen and oxygen atoms in total. The SMILES string of the molecule is COC(C)(C)C(=O)C1CC(C)(C)OC1(C)C. The summed E-state index contributed by atoms with van der Waals surface area (Å²) in [5, 5.41) is 0. The molecule has 0 aliphatic carbocycles. The van der Waals surface area contributed by atoms with E-state index in [-0.39, 0.29) is 17.3 Å². The van der Waals surface area contributed by atoms with Gasteiger partial charge in [-0.25, -0.2) is 0 Å². The summed E-state index contributed by atoms with van der Waals surface area (Å²) in [4.78, 5) is 12.4. The van der Waals surface area contributed by atoms with Crippen molar-refractivity contribution in [3.05, 3.63) is 0 Å². The number of Topliss-reactive ketones (excluding diaryl/α,β-unsaturated/α-hetero) is 1. The Hall–Kier alpha value is -0.410. The molecule has 0 amide bonds. The van der Waals surface area contributed by atoms with Crippen LogP contribution < -0.4 is 0 Å². The van der Waals surface area contributed by atoms with E-state index in [1.165, 1.54) is 0 Å². The summed E-state index contributed by atoms with van der Waals surface area (Å²) < 4.78 is 11.2. The van der Waals surface area contributed by atoms with Crippen LogP contribution in [0, 0.1) is 5.92 Å². The molecule has 0 radical (unpaired) electrons. The third kappa shape index (κ3) is 2.46. The van der Waals surface area contributed by atoms with Crippen LogP contribution in [0.25, 0.3) is 0 Å². The average Bonchev–Trinajstić information content (AvgIpc) is 2.32. The number of hydrogen-bond acceptors (Lipinski definition) is 3. The van der Waals surface area contributed by atoms with Crippen LogP contribution in [0.5, 0.6) is 0 Å². The molecule has 1 saturated heterocycles.